The first kappa shape index (κ1) is 21.7. The highest BCUT2D eigenvalue weighted by molar-refractivity contribution is 7.16. The lowest BCUT2D eigenvalue weighted by Crippen LogP contribution is -2.27. The number of halogens is 1. The number of nitrogens with zero attached hydrogens (tertiary/aromatic N) is 2. The number of pyridine rings is 1. The van der Waals surface area contributed by atoms with Gasteiger partial charge in [0, 0.05) is 39.8 Å². The second kappa shape index (κ2) is 8.93. The van der Waals surface area contributed by atoms with Crippen LogP contribution in [-0.2, 0) is 12.8 Å². The Bertz CT molecular complexity index is 1100. The number of hydrogen-bond acceptors (Lipinski definition) is 4. The van der Waals surface area contributed by atoms with Crippen molar-refractivity contribution in [2.24, 2.45) is 16.3 Å². The number of hydrogen-bond donors (Lipinski definition) is 1. The molecule has 3 aromatic rings. The molecule has 0 bridgehead atoms. The topological polar surface area (TPSA) is 54.4 Å². The van der Waals surface area contributed by atoms with Gasteiger partial charge in [0.15, 0.2) is 0 Å². The Morgan fingerprint density at radius 2 is 2.03 bits per heavy atom. The van der Waals surface area contributed by atoms with Gasteiger partial charge in [-0.2, -0.15) is 0 Å². The average Bonchev–Trinajstić information content (AvgIpc) is 3.12. The van der Waals surface area contributed by atoms with Crippen LogP contribution < -0.4 is 5.32 Å². The third-order valence-corrected chi connectivity index (χ3v) is 7.23. The van der Waals surface area contributed by atoms with Crippen molar-refractivity contribution in [3.05, 3.63) is 75.4 Å². The van der Waals surface area contributed by atoms with Gasteiger partial charge in [-0.3, -0.25) is 9.78 Å². The number of carbonyl (C=O) groups excluding carboxylic acids is 1. The maximum atomic E-state index is 13.3. The van der Waals surface area contributed by atoms with Crippen LogP contribution in [0.5, 0.6) is 0 Å². The first-order valence-corrected chi connectivity index (χ1v) is 11.7. The summed E-state index contributed by atoms with van der Waals surface area (Å²) < 4.78 is 0. The third-order valence-electron chi connectivity index (χ3n) is 5.82. The molecule has 4 nitrogen and oxygen atoms in total. The number of anilines is 1. The van der Waals surface area contributed by atoms with Gasteiger partial charge in [-0.1, -0.05) is 38.4 Å². The van der Waals surface area contributed by atoms with Crippen molar-refractivity contribution in [1.29, 1.82) is 0 Å². The van der Waals surface area contributed by atoms with E-state index in [1.807, 2.05) is 24.3 Å². The molecule has 31 heavy (non-hydrogen) atoms. The molecule has 0 saturated heterocycles. The molecular formula is C25H26ClN3OS. The van der Waals surface area contributed by atoms with Crippen molar-refractivity contribution in [1.82, 2.24) is 4.98 Å². The zero-order valence-electron chi connectivity index (χ0n) is 18.0. The van der Waals surface area contributed by atoms with E-state index in [1.165, 1.54) is 4.88 Å². The molecule has 1 aromatic carbocycles. The summed E-state index contributed by atoms with van der Waals surface area (Å²) >= 11 is 7.62. The molecule has 4 rings (SSSR count). The Kier molecular flexibility index (Phi) is 6.26. The summed E-state index contributed by atoms with van der Waals surface area (Å²) in [5.74, 6) is 0.480. The smallest absolute Gasteiger partial charge is 0.259 e. The van der Waals surface area contributed by atoms with Crippen molar-refractivity contribution in [3.8, 4) is 0 Å². The summed E-state index contributed by atoms with van der Waals surface area (Å²) in [6.45, 7) is 6.89. The molecule has 1 amide bonds. The predicted molar refractivity (Wildman–Crippen MR) is 130 cm³/mol. The maximum absolute atomic E-state index is 13.3. The van der Waals surface area contributed by atoms with Crippen molar-refractivity contribution in [2.45, 2.75) is 40.0 Å². The minimum Gasteiger partial charge on any atom is -0.322 e. The number of thiophene rings is 1. The highest BCUT2D eigenvalue weighted by atomic mass is 35.5. The molecule has 0 saturated carbocycles. The number of rotatable bonds is 4. The third kappa shape index (κ3) is 5.05. The Labute approximate surface area is 192 Å². The van der Waals surface area contributed by atoms with Crippen LogP contribution in [0.2, 0.25) is 5.02 Å². The molecule has 1 atom stereocenters. The number of aromatic nitrogens is 1. The Morgan fingerprint density at radius 1 is 1.26 bits per heavy atom. The number of nitrogens with one attached hydrogen (secondary N) is 1. The van der Waals surface area contributed by atoms with Gasteiger partial charge in [-0.05, 0) is 66.5 Å². The molecule has 160 valence electrons. The van der Waals surface area contributed by atoms with E-state index in [0.717, 1.165) is 41.1 Å². The van der Waals surface area contributed by atoms with Crippen LogP contribution in [-0.4, -0.2) is 17.1 Å². The molecule has 1 aliphatic carbocycles. The van der Waals surface area contributed by atoms with Gasteiger partial charge in [0.1, 0.15) is 5.00 Å². The van der Waals surface area contributed by atoms with Crippen molar-refractivity contribution < 1.29 is 4.79 Å². The lowest BCUT2D eigenvalue weighted by atomic mass is 9.72. The average molecular weight is 452 g/mol. The normalized spacial score (nSPS) is 16.3. The minimum atomic E-state index is -0.118. The lowest BCUT2D eigenvalue weighted by Gasteiger charge is -2.33. The van der Waals surface area contributed by atoms with Crippen LogP contribution in [0.4, 0.5) is 10.7 Å². The highest BCUT2D eigenvalue weighted by Crippen LogP contribution is 2.45. The first-order valence-electron chi connectivity index (χ1n) is 10.5. The summed E-state index contributed by atoms with van der Waals surface area (Å²) in [6, 6.07) is 11.0. The van der Waals surface area contributed by atoms with Crippen LogP contribution in [0, 0.1) is 11.3 Å². The van der Waals surface area contributed by atoms with Gasteiger partial charge >= 0.3 is 0 Å². The summed E-state index contributed by atoms with van der Waals surface area (Å²) in [7, 11) is 0. The molecule has 2 aromatic heterocycles. The van der Waals surface area contributed by atoms with Crippen LogP contribution in [0.1, 0.15) is 53.6 Å². The molecular weight excluding hydrogens is 426 g/mol. The fraction of sp³-hybridized carbons (Fsp3) is 0.320. The summed E-state index contributed by atoms with van der Waals surface area (Å²) in [5, 5.41) is 4.42. The second-order valence-electron chi connectivity index (χ2n) is 9.00. The van der Waals surface area contributed by atoms with Gasteiger partial charge in [0.25, 0.3) is 5.91 Å². The number of amides is 1. The fourth-order valence-corrected chi connectivity index (χ4v) is 5.34. The van der Waals surface area contributed by atoms with Crippen molar-refractivity contribution in [2.75, 3.05) is 5.32 Å². The lowest BCUT2D eigenvalue weighted by molar-refractivity contribution is 0.102. The minimum absolute atomic E-state index is 0.118. The van der Waals surface area contributed by atoms with E-state index in [2.05, 4.69) is 31.1 Å². The molecule has 0 radical (unpaired) electrons. The Hall–Kier alpha value is -2.50. The van der Waals surface area contributed by atoms with Gasteiger partial charge < -0.3 is 5.32 Å². The Balaban J connectivity index is 1.69. The van der Waals surface area contributed by atoms with Crippen LogP contribution in [0.3, 0.4) is 0 Å². The summed E-state index contributed by atoms with van der Waals surface area (Å²) in [5.41, 5.74) is 3.72. The van der Waals surface area contributed by atoms with E-state index >= 15 is 0 Å². The second-order valence-corrected chi connectivity index (χ2v) is 10.5. The SMILES string of the molecule is CC(C)(C)[C@H]1CCc2c(sc(N=Cc3cccnc3)c2C(=O)Nc2ccc(Cl)cc2)C1. The first-order chi connectivity index (χ1) is 14.8. The zero-order chi connectivity index (χ0) is 22.0. The van der Waals surface area contributed by atoms with E-state index in [-0.39, 0.29) is 11.3 Å². The van der Waals surface area contributed by atoms with Gasteiger partial charge in [-0.15, -0.1) is 11.3 Å². The fourth-order valence-electron chi connectivity index (χ4n) is 3.95. The van der Waals surface area contributed by atoms with Gasteiger partial charge in [-0.25, -0.2) is 4.99 Å². The molecule has 0 aliphatic heterocycles. The Morgan fingerprint density at radius 3 is 2.71 bits per heavy atom. The molecule has 0 unspecified atom stereocenters. The molecule has 1 N–H and O–H groups in total. The van der Waals surface area contributed by atoms with E-state index in [0.29, 0.717) is 16.5 Å². The van der Waals surface area contributed by atoms with E-state index in [1.54, 1.807) is 42.1 Å². The van der Waals surface area contributed by atoms with Gasteiger partial charge in [0.05, 0.1) is 5.56 Å². The number of benzene rings is 1. The monoisotopic (exact) mass is 451 g/mol. The molecule has 0 fully saturated rings. The molecule has 1 aliphatic rings. The molecule has 2 heterocycles. The summed E-state index contributed by atoms with van der Waals surface area (Å²) in [6.07, 6.45) is 8.26. The van der Waals surface area contributed by atoms with E-state index < -0.39 is 0 Å². The van der Waals surface area contributed by atoms with Crippen LogP contribution >= 0.6 is 22.9 Å². The predicted octanol–water partition coefficient (Wildman–Crippen LogP) is 6.95. The highest BCUT2D eigenvalue weighted by Gasteiger charge is 2.33. The van der Waals surface area contributed by atoms with E-state index in [9.17, 15) is 4.79 Å². The van der Waals surface area contributed by atoms with Crippen LogP contribution in [0.25, 0.3) is 0 Å². The van der Waals surface area contributed by atoms with E-state index in [4.69, 9.17) is 16.6 Å². The van der Waals surface area contributed by atoms with Crippen molar-refractivity contribution in [3.63, 3.8) is 0 Å². The largest absolute Gasteiger partial charge is 0.322 e. The number of carbonyl (C=O) groups is 1. The quantitative estimate of drug-likeness (QED) is 0.436. The summed E-state index contributed by atoms with van der Waals surface area (Å²) in [4.78, 5) is 23.5. The molecule has 0 spiro atoms. The standard InChI is InChI=1S/C25H26ClN3OS/c1-25(2,3)17-6-11-20-21(13-17)31-24(28-15-16-5-4-12-27-14-16)22(20)23(30)29-19-9-7-18(26)8-10-19/h4-5,7-10,12,14-15,17H,6,11,13H2,1-3H3,(H,29,30)/t17-/m0/s1. The van der Waals surface area contributed by atoms with Crippen molar-refractivity contribution >= 4 is 45.7 Å². The van der Waals surface area contributed by atoms with Crippen LogP contribution in [0.15, 0.2) is 53.8 Å². The number of fused-ring (bicyclic) bond motifs is 1. The molecule has 6 heteroatoms. The number of aliphatic imine (C=N–C) groups is 1. The maximum Gasteiger partial charge on any atom is 0.259 e. The zero-order valence-corrected chi connectivity index (χ0v) is 19.6. The van der Waals surface area contributed by atoms with Gasteiger partial charge in [0.2, 0.25) is 0 Å².